The highest BCUT2D eigenvalue weighted by atomic mass is 16.2. The zero-order chi connectivity index (χ0) is 17.6. The predicted molar refractivity (Wildman–Crippen MR) is 99.7 cm³/mol. The first kappa shape index (κ1) is 17.9. The molecule has 1 aliphatic heterocycles. The van der Waals surface area contributed by atoms with Crippen molar-refractivity contribution in [2.45, 2.75) is 63.5 Å². The first-order valence-electron chi connectivity index (χ1n) is 9.56. The van der Waals surface area contributed by atoms with Crippen LogP contribution in [0.3, 0.4) is 0 Å². The van der Waals surface area contributed by atoms with Crippen molar-refractivity contribution in [1.29, 1.82) is 0 Å². The maximum Gasteiger partial charge on any atom is 0.253 e. The summed E-state index contributed by atoms with van der Waals surface area (Å²) in [4.78, 5) is 26.8. The molecule has 2 fully saturated rings. The van der Waals surface area contributed by atoms with Gasteiger partial charge in [0.15, 0.2) is 0 Å². The van der Waals surface area contributed by atoms with Crippen LogP contribution in [0.2, 0.25) is 0 Å². The quantitative estimate of drug-likeness (QED) is 0.883. The summed E-state index contributed by atoms with van der Waals surface area (Å²) in [5, 5.41) is 6.19. The van der Waals surface area contributed by atoms with Gasteiger partial charge >= 0.3 is 0 Å². The van der Waals surface area contributed by atoms with Crippen LogP contribution in [-0.2, 0) is 4.79 Å². The fourth-order valence-corrected chi connectivity index (χ4v) is 3.84. The Balaban J connectivity index is 1.57. The Morgan fingerprint density at radius 3 is 2.32 bits per heavy atom. The second-order valence-corrected chi connectivity index (χ2v) is 7.28. The fourth-order valence-electron chi connectivity index (χ4n) is 3.84. The van der Waals surface area contributed by atoms with Crippen molar-refractivity contribution in [1.82, 2.24) is 10.2 Å². The highest BCUT2D eigenvalue weighted by molar-refractivity contribution is 5.97. The van der Waals surface area contributed by atoms with E-state index in [0.29, 0.717) is 11.6 Å². The molecular formula is C20H29N3O2. The molecule has 0 spiro atoms. The van der Waals surface area contributed by atoms with Crippen molar-refractivity contribution in [3.8, 4) is 0 Å². The molecule has 1 heterocycles. The molecule has 5 heteroatoms. The zero-order valence-electron chi connectivity index (χ0n) is 15.1. The second-order valence-electron chi connectivity index (χ2n) is 7.28. The molecule has 5 nitrogen and oxygen atoms in total. The van der Waals surface area contributed by atoms with Gasteiger partial charge in [-0.25, -0.2) is 0 Å². The summed E-state index contributed by atoms with van der Waals surface area (Å²) in [5.41, 5.74) is 1.43. The van der Waals surface area contributed by atoms with E-state index in [-0.39, 0.29) is 17.9 Å². The fraction of sp³-hybridized carbons (Fsp3) is 0.600. The van der Waals surface area contributed by atoms with Crippen molar-refractivity contribution in [2.24, 2.45) is 0 Å². The monoisotopic (exact) mass is 343 g/mol. The number of carbonyl (C=O) groups excluding carboxylic acids is 2. The Bertz CT molecular complexity index is 587. The summed E-state index contributed by atoms with van der Waals surface area (Å²) in [6, 6.07) is 7.52. The molecule has 2 N–H and O–H groups in total. The largest absolute Gasteiger partial charge is 0.339 e. The van der Waals surface area contributed by atoms with Crippen molar-refractivity contribution in [2.75, 3.05) is 18.9 Å². The summed E-state index contributed by atoms with van der Waals surface area (Å²) in [6.07, 6.45) is 9.01. The molecule has 0 aromatic heterocycles. The van der Waals surface area contributed by atoms with Crippen molar-refractivity contribution in [3.05, 3.63) is 29.8 Å². The van der Waals surface area contributed by atoms with Gasteiger partial charge in [-0.05, 0) is 56.5 Å². The number of benzene rings is 1. The molecule has 2 amide bonds. The lowest BCUT2D eigenvalue weighted by molar-refractivity contribution is -0.118. The first-order chi connectivity index (χ1) is 12.1. The van der Waals surface area contributed by atoms with Crippen LogP contribution in [0.15, 0.2) is 24.3 Å². The van der Waals surface area contributed by atoms with Crippen LogP contribution < -0.4 is 10.6 Å². The van der Waals surface area contributed by atoms with Gasteiger partial charge < -0.3 is 15.5 Å². The third-order valence-electron chi connectivity index (χ3n) is 5.47. The molecule has 136 valence electrons. The number of nitrogens with zero attached hydrogens (tertiary/aromatic N) is 1. The van der Waals surface area contributed by atoms with Gasteiger partial charge in [-0.3, -0.25) is 9.59 Å². The SMILES string of the molecule is CN(C(=O)c1ccc(NC(=O)C2CCCCN2)cc1)C1CCCCC1. The van der Waals surface area contributed by atoms with Gasteiger partial charge in [0.25, 0.3) is 5.91 Å². The summed E-state index contributed by atoms with van der Waals surface area (Å²) >= 11 is 0. The number of rotatable bonds is 4. The van der Waals surface area contributed by atoms with Crippen molar-refractivity contribution < 1.29 is 9.59 Å². The van der Waals surface area contributed by atoms with Crippen molar-refractivity contribution >= 4 is 17.5 Å². The molecule has 0 bridgehead atoms. The van der Waals surface area contributed by atoms with Gasteiger partial charge in [0.05, 0.1) is 6.04 Å². The Hall–Kier alpha value is -1.88. The van der Waals surface area contributed by atoms with E-state index in [9.17, 15) is 9.59 Å². The Morgan fingerprint density at radius 2 is 1.68 bits per heavy atom. The van der Waals surface area contributed by atoms with Crippen LogP contribution in [0.25, 0.3) is 0 Å². The lowest BCUT2D eigenvalue weighted by Gasteiger charge is -2.31. The molecular weight excluding hydrogens is 314 g/mol. The normalized spacial score (nSPS) is 21.6. The lowest BCUT2D eigenvalue weighted by Crippen LogP contribution is -2.43. The summed E-state index contributed by atoms with van der Waals surface area (Å²) in [6.45, 7) is 0.902. The Kier molecular flexibility index (Phi) is 6.08. The van der Waals surface area contributed by atoms with Crippen LogP contribution in [-0.4, -0.2) is 42.4 Å². The minimum absolute atomic E-state index is 0.0121. The van der Waals surface area contributed by atoms with E-state index >= 15 is 0 Å². The van der Waals surface area contributed by atoms with E-state index in [0.717, 1.165) is 44.3 Å². The van der Waals surface area contributed by atoms with Crippen LogP contribution in [0.5, 0.6) is 0 Å². The molecule has 3 rings (SSSR count). The van der Waals surface area contributed by atoms with Crippen LogP contribution in [0.1, 0.15) is 61.7 Å². The average Bonchev–Trinajstić information content (AvgIpc) is 2.69. The molecule has 1 saturated carbocycles. The lowest BCUT2D eigenvalue weighted by atomic mass is 9.94. The highest BCUT2D eigenvalue weighted by Crippen LogP contribution is 2.23. The molecule has 1 aromatic rings. The molecule has 1 unspecified atom stereocenters. The average molecular weight is 343 g/mol. The maximum atomic E-state index is 12.7. The Morgan fingerprint density at radius 1 is 1.00 bits per heavy atom. The number of carbonyl (C=O) groups is 2. The summed E-state index contributed by atoms with van der Waals surface area (Å²) in [5.74, 6) is 0.0804. The van der Waals surface area contributed by atoms with Gasteiger partial charge in [0, 0.05) is 24.3 Å². The van der Waals surface area contributed by atoms with E-state index < -0.39 is 0 Å². The summed E-state index contributed by atoms with van der Waals surface area (Å²) < 4.78 is 0. The smallest absolute Gasteiger partial charge is 0.253 e. The van der Waals surface area contributed by atoms with Crippen molar-refractivity contribution in [3.63, 3.8) is 0 Å². The topological polar surface area (TPSA) is 61.4 Å². The second kappa shape index (κ2) is 8.48. The highest BCUT2D eigenvalue weighted by Gasteiger charge is 2.23. The molecule has 1 saturated heterocycles. The van der Waals surface area contributed by atoms with Gasteiger partial charge in [-0.15, -0.1) is 0 Å². The third kappa shape index (κ3) is 4.60. The van der Waals surface area contributed by atoms with Crippen LogP contribution in [0, 0.1) is 0 Å². The molecule has 1 atom stereocenters. The van der Waals surface area contributed by atoms with Gasteiger partial charge in [0.2, 0.25) is 5.91 Å². The Labute approximate surface area is 150 Å². The van der Waals surface area contributed by atoms with E-state index in [1.807, 2.05) is 36.2 Å². The van der Waals surface area contributed by atoms with Gasteiger partial charge in [-0.2, -0.15) is 0 Å². The van der Waals surface area contributed by atoms with Crippen LogP contribution >= 0.6 is 0 Å². The van der Waals surface area contributed by atoms with Gasteiger partial charge in [0.1, 0.15) is 0 Å². The number of piperidine rings is 1. The number of amides is 2. The molecule has 1 aromatic carbocycles. The molecule has 1 aliphatic carbocycles. The minimum Gasteiger partial charge on any atom is -0.339 e. The molecule has 25 heavy (non-hydrogen) atoms. The van der Waals surface area contributed by atoms with E-state index in [4.69, 9.17) is 0 Å². The summed E-state index contributed by atoms with van der Waals surface area (Å²) in [7, 11) is 1.91. The first-order valence-corrected chi connectivity index (χ1v) is 9.56. The molecule has 0 radical (unpaired) electrons. The van der Waals surface area contributed by atoms with Gasteiger partial charge in [-0.1, -0.05) is 25.7 Å². The van der Waals surface area contributed by atoms with E-state index in [2.05, 4.69) is 10.6 Å². The number of nitrogens with one attached hydrogen (secondary N) is 2. The minimum atomic E-state index is -0.104. The molecule has 2 aliphatic rings. The maximum absolute atomic E-state index is 12.7. The third-order valence-corrected chi connectivity index (χ3v) is 5.47. The van der Waals surface area contributed by atoms with Crippen LogP contribution in [0.4, 0.5) is 5.69 Å². The van der Waals surface area contributed by atoms with E-state index in [1.54, 1.807) is 0 Å². The van der Waals surface area contributed by atoms with E-state index in [1.165, 1.54) is 19.3 Å². The standard InChI is InChI=1S/C20H29N3O2/c1-23(17-7-3-2-4-8-17)20(25)15-10-12-16(13-11-15)22-19(24)18-9-5-6-14-21-18/h10-13,17-18,21H,2-9,14H2,1H3,(H,22,24). The number of hydrogen-bond acceptors (Lipinski definition) is 3. The predicted octanol–water partition coefficient (Wildman–Crippen LogP) is 3.17. The number of hydrogen-bond donors (Lipinski definition) is 2. The zero-order valence-corrected chi connectivity index (χ0v) is 15.1. The number of anilines is 1.